The molecule has 2 aliphatic heterocycles. The van der Waals surface area contributed by atoms with E-state index in [1.54, 1.807) is 0 Å². The second-order valence-electron chi connectivity index (χ2n) is 7.35. The Balaban J connectivity index is 1.84. The molecule has 0 N–H and O–H groups in total. The zero-order valence-electron chi connectivity index (χ0n) is 13.8. The Morgan fingerprint density at radius 2 is 2.05 bits per heavy atom. The van der Waals surface area contributed by atoms with Crippen LogP contribution in [0.5, 0.6) is 0 Å². The van der Waals surface area contributed by atoms with Crippen molar-refractivity contribution in [3.05, 3.63) is 12.7 Å². The molecule has 0 aliphatic carbocycles. The fraction of sp³-hybridized carbons (Fsp3) is 0.889. The fourth-order valence-electron chi connectivity index (χ4n) is 4.37. The first-order valence-corrected chi connectivity index (χ1v) is 9.09. The third-order valence-corrected chi connectivity index (χ3v) is 5.89. The topological polar surface area (TPSA) is 3.24 Å². The zero-order valence-corrected chi connectivity index (χ0v) is 13.8. The molecular formula is C18H34BN. The molecule has 20 heavy (non-hydrogen) atoms. The molecule has 0 radical (unpaired) electrons. The first kappa shape index (κ1) is 16.1. The van der Waals surface area contributed by atoms with Crippen LogP contribution in [0.1, 0.15) is 58.8 Å². The maximum Gasteiger partial charge on any atom is 0.150 e. The van der Waals surface area contributed by atoms with E-state index in [1.807, 2.05) is 0 Å². The quantitative estimate of drug-likeness (QED) is 0.439. The van der Waals surface area contributed by atoms with E-state index in [2.05, 4.69) is 31.4 Å². The molecule has 0 amide bonds. The summed E-state index contributed by atoms with van der Waals surface area (Å²) < 4.78 is 0. The maximum absolute atomic E-state index is 4.11. The lowest BCUT2D eigenvalue weighted by Crippen LogP contribution is -2.39. The minimum absolute atomic E-state index is 0.794. The van der Waals surface area contributed by atoms with E-state index >= 15 is 0 Å². The second kappa shape index (κ2) is 8.27. The van der Waals surface area contributed by atoms with Crippen LogP contribution in [0.2, 0.25) is 18.0 Å². The van der Waals surface area contributed by atoms with E-state index in [9.17, 15) is 0 Å². The van der Waals surface area contributed by atoms with Crippen LogP contribution in [0.25, 0.3) is 0 Å². The fourth-order valence-corrected chi connectivity index (χ4v) is 4.37. The maximum atomic E-state index is 4.11. The SMILES string of the molecule is C=CC1CCCC(C)B1CC(CCC)CCN1CCC1. The summed E-state index contributed by atoms with van der Waals surface area (Å²) in [6, 6.07) is 0. The van der Waals surface area contributed by atoms with E-state index < -0.39 is 0 Å². The van der Waals surface area contributed by atoms with Crippen LogP contribution in [0.4, 0.5) is 0 Å². The van der Waals surface area contributed by atoms with Crippen molar-refractivity contribution in [2.75, 3.05) is 19.6 Å². The third-order valence-electron chi connectivity index (χ3n) is 5.89. The lowest BCUT2D eigenvalue weighted by atomic mass is 9.28. The summed E-state index contributed by atoms with van der Waals surface area (Å²) in [4.78, 5) is 2.64. The highest BCUT2D eigenvalue weighted by Gasteiger charge is 2.33. The van der Waals surface area contributed by atoms with Gasteiger partial charge >= 0.3 is 0 Å². The van der Waals surface area contributed by atoms with Gasteiger partial charge in [-0.15, -0.1) is 6.58 Å². The van der Waals surface area contributed by atoms with E-state index in [0.29, 0.717) is 0 Å². The molecule has 2 heteroatoms. The number of likely N-dealkylation sites (tertiary alicyclic amines) is 1. The van der Waals surface area contributed by atoms with Gasteiger partial charge in [-0.1, -0.05) is 64.2 Å². The molecule has 3 unspecified atom stereocenters. The van der Waals surface area contributed by atoms with Crippen molar-refractivity contribution < 1.29 is 0 Å². The van der Waals surface area contributed by atoms with Gasteiger partial charge in [0.15, 0.2) is 6.71 Å². The first-order chi connectivity index (χ1) is 9.74. The molecule has 2 heterocycles. The van der Waals surface area contributed by atoms with Crippen molar-refractivity contribution in [1.29, 1.82) is 0 Å². The first-order valence-electron chi connectivity index (χ1n) is 9.09. The van der Waals surface area contributed by atoms with Crippen LogP contribution >= 0.6 is 0 Å². The predicted octanol–water partition coefficient (Wildman–Crippen LogP) is 5.12. The molecule has 0 aromatic heterocycles. The average molecular weight is 275 g/mol. The van der Waals surface area contributed by atoms with Gasteiger partial charge in [-0.05, 0) is 44.2 Å². The minimum atomic E-state index is 0.794. The average Bonchev–Trinajstić information content (AvgIpc) is 2.39. The zero-order chi connectivity index (χ0) is 14.4. The van der Waals surface area contributed by atoms with Gasteiger partial charge in [0, 0.05) is 0 Å². The number of allylic oxidation sites excluding steroid dienone is 1. The Morgan fingerprint density at radius 3 is 2.65 bits per heavy atom. The van der Waals surface area contributed by atoms with Gasteiger partial charge in [0.05, 0.1) is 0 Å². The summed E-state index contributed by atoms with van der Waals surface area (Å²) in [5, 5.41) is 0. The molecule has 3 atom stereocenters. The molecule has 2 saturated heterocycles. The normalized spacial score (nSPS) is 29.0. The van der Waals surface area contributed by atoms with Crippen molar-refractivity contribution >= 4 is 6.71 Å². The molecule has 0 aromatic rings. The molecule has 1 nitrogen and oxygen atoms in total. The summed E-state index contributed by atoms with van der Waals surface area (Å²) in [6.45, 7) is 13.9. The highest BCUT2D eigenvalue weighted by atomic mass is 15.2. The van der Waals surface area contributed by atoms with Crippen LogP contribution in [0.15, 0.2) is 12.7 Å². The van der Waals surface area contributed by atoms with E-state index in [-0.39, 0.29) is 0 Å². The Bertz CT molecular complexity index is 287. The van der Waals surface area contributed by atoms with E-state index in [0.717, 1.165) is 24.3 Å². The van der Waals surface area contributed by atoms with Crippen molar-refractivity contribution in [3.8, 4) is 0 Å². The molecule has 114 valence electrons. The largest absolute Gasteiger partial charge is 0.303 e. The van der Waals surface area contributed by atoms with Gasteiger partial charge in [0.2, 0.25) is 0 Å². The molecule has 0 spiro atoms. The highest BCUT2D eigenvalue weighted by molar-refractivity contribution is 6.62. The molecule has 0 saturated carbocycles. The monoisotopic (exact) mass is 275 g/mol. The van der Waals surface area contributed by atoms with Crippen LogP contribution in [-0.4, -0.2) is 31.2 Å². The number of nitrogens with zero attached hydrogens (tertiary/aromatic N) is 1. The van der Waals surface area contributed by atoms with Gasteiger partial charge in [-0.2, -0.15) is 0 Å². The molecule has 2 rings (SSSR count). The summed E-state index contributed by atoms with van der Waals surface area (Å²) >= 11 is 0. The Kier molecular flexibility index (Phi) is 6.67. The van der Waals surface area contributed by atoms with Crippen LogP contribution in [0.3, 0.4) is 0 Å². The van der Waals surface area contributed by atoms with Gasteiger partial charge in [0.1, 0.15) is 0 Å². The van der Waals surface area contributed by atoms with Crippen molar-refractivity contribution in [1.82, 2.24) is 4.90 Å². The van der Waals surface area contributed by atoms with Crippen molar-refractivity contribution in [2.24, 2.45) is 5.92 Å². The van der Waals surface area contributed by atoms with Crippen molar-refractivity contribution in [2.45, 2.75) is 76.7 Å². The second-order valence-corrected chi connectivity index (χ2v) is 7.35. The number of hydrogen-bond donors (Lipinski definition) is 0. The summed E-state index contributed by atoms with van der Waals surface area (Å²) in [6.07, 6.45) is 13.6. The molecule has 2 aliphatic rings. The summed E-state index contributed by atoms with van der Waals surface area (Å²) in [5.74, 6) is 2.66. The standard InChI is InChI=1S/C18H34BN/c1-4-8-17(11-14-20-12-7-13-20)15-19-16(3)9-6-10-18(19)5-2/h5,16-18H,2,4,6-15H2,1,3H3. The smallest absolute Gasteiger partial charge is 0.150 e. The Labute approximate surface area is 127 Å². The molecule has 2 fully saturated rings. The summed E-state index contributed by atoms with van der Waals surface area (Å²) in [5.41, 5.74) is 0. The lowest BCUT2D eigenvalue weighted by molar-refractivity contribution is 0.169. The minimum Gasteiger partial charge on any atom is -0.303 e. The van der Waals surface area contributed by atoms with Crippen LogP contribution in [-0.2, 0) is 0 Å². The van der Waals surface area contributed by atoms with E-state index in [4.69, 9.17) is 0 Å². The van der Waals surface area contributed by atoms with Gasteiger partial charge in [0.25, 0.3) is 0 Å². The van der Waals surface area contributed by atoms with Crippen LogP contribution in [0, 0.1) is 5.92 Å². The van der Waals surface area contributed by atoms with Crippen molar-refractivity contribution in [3.63, 3.8) is 0 Å². The van der Waals surface area contributed by atoms with Crippen LogP contribution < -0.4 is 0 Å². The number of hydrogen-bond acceptors (Lipinski definition) is 1. The third kappa shape index (κ3) is 4.38. The highest BCUT2D eigenvalue weighted by Crippen LogP contribution is 2.41. The van der Waals surface area contributed by atoms with Gasteiger partial charge < -0.3 is 4.90 Å². The van der Waals surface area contributed by atoms with E-state index in [1.165, 1.54) is 70.9 Å². The summed E-state index contributed by atoms with van der Waals surface area (Å²) in [7, 11) is 0. The molecular weight excluding hydrogens is 241 g/mol. The Hall–Kier alpha value is -0.235. The van der Waals surface area contributed by atoms with Gasteiger partial charge in [-0.25, -0.2) is 0 Å². The van der Waals surface area contributed by atoms with Gasteiger partial charge in [-0.3, -0.25) is 0 Å². The molecule has 0 bridgehead atoms. The predicted molar refractivity (Wildman–Crippen MR) is 91.9 cm³/mol. The number of rotatable bonds is 8. The lowest BCUT2D eigenvalue weighted by Gasteiger charge is -2.36. The molecule has 0 aromatic carbocycles. The Morgan fingerprint density at radius 1 is 1.25 bits per heavy atom.